The van der Waals surface area contributed by atoms with E-state index in [0.717, 1.165) is 17.8 Å². The number of amides is 1. The van der Waals surface area contributed by atoms with Crippen LogP contribution in [0.5, 0.6) is 0 Å². The van der Waals surface area contributed by atoms with Crippen LogP contribution in [0.1, 0.15) is 44.9 Å². The van der Waals surface area contributed by atoms with E-state index >= 15 is 0 Å². The fourth-order valence-electron chi connectivity index (χ4n) is 5.10. The summed E-state index contributed by atoms with van der Waals surface area (Å²) in [6.07, 6.45) is 8.80. The lowest BCUT2D eigenvalue weighted by Gasteiger charge is -2.56. The SMILES string of the molecule is NC(=S)CNC(=O)CC12CC3CC(CC(C3)C1)C2. The molecule has 0 radical (unpaired) electrons. The topological polar surface area (TPSA) is 55.1 Å². The Balaban J connectivity index is 1.61. The largest absolute Gasteiger partial charge is 0.392 e. The number of carbonyl (C=O) groups excluding carboxylic acids is 1. The van der Waals surface area contributed by atoms with E-state index in [0.29, 0.717) is 23.4 Å². The summed E-state index contributed by atoms with van der Waals surface area (Å²) in [6.45, 7) is 0.348. The van der Waals surface area contributed by atoms with Crippen LogP contribution in [0.15, 0.2) is 0 Å². The Morgan fingerprint density at radius 1 is 1.17 bits per heavy atom. The number of rotatable bonds is 4. The van der Waals surface area contributed by atoms with Gasteiger partial charge in [0.1, 0.15) is 0 Å². The zero-order valence-corrected chi connectivity index (χ0v) is 11.6. The molecule has 0 aromatic heterocycles. The van der Waals surface area contributed by atoms with Gasteiger partial charge in [0.05, 0.1) is 11.5 Å². The van der Waals surface area contributed by atoms with Crippen LogP contribution in [-0.4, -0.2) is 17.4 Å². The van der Waals surface area contributed by atoms with Crippen molar-refractivity contribution in [2.24, 2.45) is 28.9 Å². The van der Waals surface area contributed by atoms with Crippen LogP contribution in [-0.2, 0) is 4.79 Å². The molecular formula is C14H22N2OS. The Labute approximate surface area is 114 Å². The lowest BCUT2D eigenvalue weighted by atomic mass is 9.49. The van der Waals surface area contributed by atoms with Crippen molar-refractivity contribution in [1.82, 2.24) is 5.32 Å². The maximum atomic E-state index is 12.0. The van der Waals surface area contributed by atoms with E-state index < -0.39 is 0 Å². The average molecular weight is 266 g/mol. The molecule has 100 valence electrons. The summed E-state index contributed by atoms with van der Waals surface area (Å²) in [5.41, 5.74) is 5.73. The first-order valence-electron chi connectivity index (χ1n) is 7.10. The van der Waals surface area contributed by atoms with Gasteiger partial charge in [0.15, 0.2) is 0 Å². The van der Waals surface area contributed by atoms with Gasteiger partial charge >= 0.3 is 0 Å². The summed E-state index contributed by atoms with van der Waals surface area (Å²) >= 11 is 4.79. The molecule has 4 aliphatic carbocycles. The molecule has 4 saturated carbocycles. The minimum atomic E-state index is 0.143. The molecule has 1 amide bonds. The Kier molecular flexibility index (Phi) is 3.08. The first-order valence-corrected chi connectivity index (χ1v) is 7.50. The summed E-state index contributed by atoms with van der Waals surface area (Å²) in [6, 6.07) is 0. The standard InChI is InChI=1S/C14H22N2OS/c15-12(18)8-16-13(17)7-14-4-9-1-10(5-14)3-11(2-9)6-14/h9-11H,1-8H2,(H2,15,18)(H,16,17). The van der Waals surface area contributed by atoms with Crippen LogP contribution < -0.4 is 11.1 Å². The highest BCUT2D eigenvalue weighted by Gasteiger charge is 2.51. The monoisotopic (exact) mass is 266 g/mol. The second-order valence-electron chi connectivity index (χ2n) is 6.84. The molecule has 0 atom stereocenters. The van der Waals surface area contributed by atoms with Gasteiger partial charge in [0, 0.05) is 6.42 Å². The maximum Gasteiger partial charge on any atom is 0.220 e. The van der Waals surface area contributed by atoms with Crippen molar-refractivity contribution < 1.29 is 4.79 Å². The van der Waals surface area contributed by atoms with E-state index in [1.54, 1.807) is 0 Å². The smallest absolute Gasteiger partial charge is 0.220 e. The first kappa shape index (κ1) is 12.4. The van der Waals surface area contributed by atoms with Crippen LogP contribution in [0.2, 0.25) is 0 Å². The van der Waals surface area contributed by atoms with Crippen LogP contribution in [0.25, 0.3) is 0 Å². The summed E-state index contributed by atoms with van der Waals surface area (Å²) in [5, 5.41) is 2.85. The van der Waals surface area contributed by atoms with E-state index in [9.17, 15) is 4.79 Å². The highest BCUT2D eigenvalue weighted by Crippen LogP contribution is 2.61. The van der Waals surface area contributed by atoms with Crippen molar-refractivity contribution in [3.63, 3.8) is 0 Å². The maximum absolute atomic E-state index is 12.0. The molecule has 0 heterocycles. The van der Waals surface area contributed by atoms with E-state index in [4.69, 9.17) is 18.0 Å². The predicted octanol–water partition coefficient (Wildman–Crippen LogP) is 2.00. The van der Waals surface area contributed by atoms with Gasteiger partial charge < -0.3 is 11.1 Å². The minimum Gasteiger partial charge on any atom is -0.392 e. The molecule has 0 unspecified atom stereocenters. The normalized spacial score (nSPS) is 40.8. The van der Waals surface area contributed by atoms with Crippen molar-refractivity contribution in [3.8, 4) is 0 Å². The molecule has 18 heavy (non-hydrogen) atoms. The van der Waals surface area contributed by atoms with Crippen LogP contribution in [0.3, 0.4) is 0 Å². The Morgan fingerprint density at radius 2 is 1.67 bits per heavy atom. The van der Waals surface area contributed by atoms with Crippen molar-refractivity contribution in [2.45, 2.75) is 44.9 Å². The van der Waals surface area contributed by atoms with Gasteiger partial charge in [0.2, 0.25) is 5.91 Å². The van der Waals surface area contributed by atoms with E-state index in [1.807, 2.05) is 0 Å². The second kappa shape index (κ2) is 4.48. The number of thiocarbonyl (C=S) groups is 1. The fraction of sp³-hybridized carbons (Fsp3) is 0.857. The highest BCUT2D eigenvalue weighted by atomic mass is 32.1. The van der Waals surface area contributed by atoms with Crippen LogP contribution in [0.4, 0.5) is 0 Å². The summed E-state index contributed by atoms with van der Waals surface area (Å²) < 4.78 is 0. The van der Waals surface area contributed by atoms with Crippen molar-refractivity contribution in [2.75, 3.05) is 6.54 Å². The summed E-state index contributed by atoms with van der Waals surface area (Å²) in [7, 11) is 0. The van der Waals surface area contributed by atoms with Crippen LogP contribution >= 0.6 is 12.2 Å². The minimum absolute atomic E-state index is 0.143. The predicted molar refractivity (Wildman–Crippen MR) is 75.0 cm³/mol. The average Bonchev–Trinajstić information content (AvgIpc) is 2.23. The molecule has 0 aromatic carbocycles. The number of nitrogens with one attached hydrogen (secondary N) is 1. The van der Waals surface area contributed by atoms with E-state index in [-0.39, 0.29) is 5.91 Å². The Morgan fingerprint density at radius 3 is 2.11 bits per heavy atom. The van der Waals surface area contributed by atoms with Gasteiger partial charge in [-0.25, -0.2) is 0 Å². The van der Waals surface area contributed by atoms with Gasteiger partial charge in [-0.2, -0.15) is 0 Å². The lowest BCUT2D eigenvalue weighted by molar-refractivity contribution is -0.129. The second-order valence-corrected chi connectivity index (χ2v) is 7.36. The van der Waals surface area contributed by atoms with Gasteiger partial charge in [-0.3, -0.25) is 4.79 Å². The van der Waals surface area contributed by atoms with E-state index in [1.165, 1.54) is 38.5 Å². The molecule has 4 bridgehead atoms. The molecule has 4 aliphatic rings. The highest BCUT2D eigenvalue weighted by molar-refractivity contribution is 7.80. The zero-order chi connectivity index (χ0) is 12.8. The molecule has 0 spiro atoms. The van der Waals surface area contributed by atoms with Crippen molar-refractivity contribution in [1.29, 1.82) is 0 Å². The molecule has 4 heteroatoms. The Bertz CT molecular complexity index is 345. The van der Waals surface area contributed by atoms with Crippen LogP contribution in [0, 0.1) is 23.2 Å². The molecule has 3 nitrogen and oxygen atoms in total. The van der Waals surface area contributed by atoms with Crippen molar-refractivity contribution in [3.05, 3.63) is 0 Å². The number of carbonyl (C=O) groups is 1. The third-order valence-corrected chi connectivity index (χ3v) is 5.30. The molecule has 4 fully saturated rings. The van der Waals surface area contributed by atoms with Gasteiger partial charge in [-0.05, 0) is 61.7 Å². The summed E-state index contributed by atoms with van der Waals surface area (Å²) in [5.74, 6) is 2.85. The number of hydrogen-bond donors (Lipinski definition) is 2. The fourth-order valence-corrected chi connectivity index (χ4v) is 5.17. The third kappa shape index (κ3) is 2.40. The van der Waals surface area contributed by atoms with E-state index in [2.05, 4.69) is 5.32 Å². The molecular weight excluding hydrogens is 244 g/mol. The lowest BCUT2D eigenvalue weighted by Crippen LogP contribution is -2.48. The molecule has 4 rings (SSSR count). The number of nitrogens with two attached hydrogens (primary N) is 1. The molecule has 3 N–H and O–H groups in total. The first-order chi connectivity index (χ1) is 8.55. The Hall–Kier alpha value is -0.640. The quantitative estimate of drug-likeness (QED) is 0.765. The zero-order valence-electron chi connectivity index (χ0n) is 10.8. The van der Waals surface area contributed by atoms with Gasteiger partial charge in [0.25, 0.3) is 0 Å². The molecule has 0 aromatic rings. The third-order valence-electron chi connectivity index (χ3n) is 5.16. The molecule has 0 aliphatic heterocycles. The van der Waals surface area contributed by atoms with Gasteiger partial charge in [-0.1, -0.05) is 12.2 Å². The summed E-state index contributed by atoms with van der Waals surface area (Å²) in [4.78, 5) is 12.4. The number of hydrogen-bond acceptors (Lipinski definition) is 2. The molecule has 0 saturated heterocycles. The van der Waals surface area contributed by atoms with Crippen molar-refractivity contribution >= 4 is 23.1 Å². The van der Waals surface area contributed by atoms with Gasteiger partial charge in [-0.15, -0.1) is 0 Å².